The van der Waals surface area contributed by atoms with Crippen molar-refractivity contribution in [1.29, 1.82) is 0 Å². The summed E-state index contributed by atoms with van der Waals surface area (Å²) < 4.78 is 0. The Morgan fingerprint density at radius 2 is 1.71 bits per heavy atom. The van der Waals surface area contributed by atoms with Crippen LogP contribution in [-0.2, 0) is 4.79 Å². The molecule has 1 aliphatic heterocycles. The van der Waals surface area contributed by atoms with Gasteiger partial charge in [-0.15, -0.1) is 10.2 Å². The number of nitrogens with one attached hydrogen (secondary N) is 1. The standard InChI is InChI=1S/C20H26N6O2/c1-3-25(4-2)17-7-5-16(6-8-17)21-19-10-9-18(22-23-19)20(28)26-13-11-24(15-27)12-14-26/h5-10,15H,3-4,11-14H2,1-2H3,(H,21,23). The van der Waals surface area contributed by atoms with E-state index in [1.165, 1.54) is 5.69 Å². The molecule has 148 valence electrons. The first-order chi connectivity index (χ1) is 13.6. The van der Waals surface area contributed by atoms with Gasteiger partial charge in [-0.2, -0.15) is 0 Å². The van der Waals surface area contributed by atoms with Gasteiger partial charge in [0.2, 0.25) is 6.41 Å². The molecule has 2 aromatic rings. The first-order valence-corrected chi connectivity index (χ1v) is 9.59. The van der Waals surface area contributed by atoms with Gasteiger partial charge in [-0.05, 0) is 50.2 Å². The fraction of sp³-hybridized carbons (Fsp3) is 0.400. The summed E-state index contributed by atoms with van der Waals surface area (Å²) in [6.07, 6.45) is 0.816. The van der Waals surface area contributed by atoms with Crippen molar-refractivity contribution in [3.63, 3.8) is 0 Å². The van der Waals surface area contributed by atoms with E-state index in [2.05, 4.69) is 46.4 Å². The van der Waals surface area contributed by atoms with E-state index in [1.807, 2.05) is 12.1 Å². The van der Waals surface area contributed by atoms with Crippen LogP contribution in [0.3, 0.4) is 0 Å². The summed E-state index contributed by atoms with van der Waals surface area (Å²) >= 11 is 0. The Kier molecular flexibility index (Phi) is 6.41. The van der Waals surface area contributed by atoms with Gasteiger partial charge in [0, 0.05) is 50.6 Å². The Hall–Kier alpha value is -3.16. The molecule has 0 unspecified atom stereocenters. The van der Waals surface area contributed by atoms with E-state index >= 15 is 0 Å². The lowest BCUT2D eigenvalue weighted by Crippen LogP contribution is -2.48. The number of hydrogen-bond donors (Lipinski definition) is 1. The van der Waals surface area contributed by atoms with Gasteiger partial charge in [0.05, 0.1) is 0 Å². The van der Waals surface area contributed by atoms with Crippen LogP contribution in [0, 0.1) is 0 Å². The second-order valence-electron chi connectivity index (χ2n) is 6.58. The van der Waals surface area contributed by atoms with Crippen LogP contribution in [0.1, 0.15) is 24.3 Å². The van der Waals surface area contributed by atoms with Crippen molar-refractivity contribution < 1.29 is 9.59 Å². The fourth-order valence-electron chi connectivity index (χ4n) is 3.20. The zero-order valence-corrected chi connectivity index (χ0v) is 16.3. The number of nitrogens with zero attached hydrogens (tertiary/aromatic N) is 5. The molecular weight excluding hydrogens is 356 g/mol. The Morgan fingerprint density at radius 3 is 2.25 bits per heavy atom. The molecular formula is C20H26N6O2. The van der Waals surface area contributed by atoms with E-state index in [0.29, 0.717) is 37.7 Å². The number of amides is 2. The van der Waals surface area contributed by atoms with E-state index in [1.54, 1.807) is 21.9 Å². The number of piperazine rings is 1. The van der Waals surface area contributed by atoms with E-state index in [-0.39, 0.29) is 5.91 Å². The molecule has 2 heterocycles. The number of hydrogen-bond acceptors (Lipinski definition) is 6. The molecule has 0 aliphatic carbocycles. The smallest absolute Gasteiger partial charge is 0.274 e. The second kappa shape index (κ2) is 9.16. The summed E-state index contributed by atoms with van der Waals surface area (Å²) in [6, 6.07) is 11.6. The lowest BCUT2D eigenvalue weighted by atomic mass is 10.2. The van der Waals surface area contributed by atoms with E-state index in [0.717, 1.165) is 25.2 Å². The van der Waals surface area contributed by atoms with Gasteiger partial charge in [0.25, 0.3) is 5.91 Å². The van der Waals surface area contributed by atoms with Crippen LogP contribution in [-0.4, -0.2) is 71.6 Å². The number of rotatable bonds is 7. The zero-order chi connectivity index (χ0) is 19.9. The predicted molar refractivity (Wildman–Crippen MR) is 109 cm³/mol. The molecule has 8 nitrogen and oxygen atoms in total. The molecule has 0 atom stereocenters. The highest BCUT2D eigenvalue weighted by molar-refractivity contribution is 5.92. The minimum Gasteiger partial charge on any atom is -0.372 e. The second-order valence-corrected chi connectivity index (χ2v) is 6.58. The topological polar surface area (TPSA) is 81.7 Å². The quantitative estimate of drug-likeness (QED) is 0.738. The van der Waals surface area contributed by atoms with Crippen molar-refractivity contribution in [2.24, 2.45) is 0 Å². The van der Waals surface area contributed by atoms with Crippen molar-refractivity contribution in [3.8, 4) is 0 Å². The van der Waals surface area contributed by atoms with E-state index in [4.69, 9.17) is 0 Å². The number of benzene rings is 1. The minimum atomic E-state index is -0.159. The molecule has 0 bridgehead atoms. The predicted octanol–water partition coefficient (Wildman–Crippen LogP) is 1.98. The summed E-state index contributed by atoms with van der Waals surface area (Å²) in [7, 11) is 0. The molecule has 8 heteroatoms. The van der Waals surface area contributed by atoms with Crippen LogP contribution in [0.25, 0.3) is 0 Å². The average molecular weight is 382 g/mol. The summed E-state index contributed by atoms with van der Waals surface area (Å²) in [5.41, 5.74) is 2.40. The molecule has 0 spiro atoms. The van der Waals surface area contributed by atoms with Crippen LogP contribution >= 0.6 is 0 Å². The third-order valence-electron chi connectivity index (χ3n) is 4.90. The molecule has 1 aromatic heterocycles. The lowest BCUT2D eigenvalue weighted by molar-refractivity contribution is -0.119. The van der Waals surface area contributed by atoms with Crippen LogP contribution in [0.2, 0.25) is 0 Å². The van der Waals surface area contributed by atoms with Crippen molar-refractivity contribution >= 4 is 29.5 Å². The molecule has 1 aliphatic rings. The minimum absolute atomic E-state index is 0.159. The Balaban J connectivity index is 1.60. The van der Waals surface area contributed by atoms with Gasteiger partial charge in [-0.25, -0.2) is 0 Å². The van der Waals surface area contributed by atoms with Crippen LogP contribution < -0.4 is 10.2 Å². The highest BCUT2D eigenvalue weighted by Gasteiger charge is 2.22. The number of carbonyl (C=O) groups is 2. The van der Waals surface area contributed by atoms with Gasteiger partial charge in [-0.3, -0.25) is 9.59 Å². The maximum Gasteiger partial charge on any atom is 0.274 e. The molecule has 1 aromatic carbocycles. The lowest BCUT2D eigenvalue weighted by Gasteiger charge is -2.32. The Morgan fingerprint density at radius 1 is 1.04 bits per heavy atom. The van der Waals surface area contributed by atoms with Gasteiger partial charge in [0.1, 0.15) is 0 Å². The Labute approximate surface area is 165 Å². The molecule has 1 fully saturated rings. The van der Waals surface area contributed by atoms with Gasteiger partial charge in [0.15, 0.2) is 11.5 Å². The zero-order valence-electron chi connectivity index (χ0n) is 16.3. The van der Waals surface area contributed by atoms with Crippen molar-refractivity contribution in [1.82, 2.24) is 20.0 Å². The highest BCUT2D eigenvalue weighted by atomic mass is 16.2. The fourth-order valence-corrected chi connectivity index (χ4v) is 3.20. The van der Waals surface area contributed by atoms with E-state index < -0.39 is 0 Å². The summed E-state index contributed by atoms with van der Waals surface area (Å²) in [4.78, 5) is 28.9. The third-order valence-corrected chi connectivity index (χ3v) is 4.90. The first-order valence-electron chi connectivity index (χ1n) is 9.59. The molecule has 2 amide bonds. The Bertz CT molecular complexity index is 781. The third kappa shape index (κ3) is 4.57. The molecule has 3 rings (SSSR count). The van der Waals surface area contributed by atoms with Crippen LogP contribution in [0.5, 0.6) is 0 Å². The number of carbonyl (C=O) groups excluding carboxylic acids is 2. The van der Waals surface area contributed by atoms with Crippen LogP contribution in [0.15, 0.2) is 36.4 Å². The average Bonchev–Trinajstić information content (AvgIpc) is 2.76. The first kappa shape index (κ1) is 19.6. The summed E-state index contributed by atoms with van der Waals surface area (Å²) in [6.45, 7) is 8.32. The molecule has 1 N–H and O–H groups in total. The maximum atomic E-state index is 12.5. The van der Waals surface area contributed by atoms with Crippen molar-refractivity contribution in [2.45, 2.75) is 13.8 Å². The van der Waals surface area contributed by atoms with Gasteiger partial charge < -0.3 is 20.0 Å². The van der Waals surface area contributed by atoms with Gasteiger partial charge >= 0.3 is 0 Å². The van der Waals surface area contributed by atoms with Crippen molar-refractivity contribution in [2.75, 3.05) is 49.5 Å². The summed E-state index contributed by atoms with van der Waals surface area (Å²) in [5.74, 6) is 0.422. The SMILES string of the molecule is CCN(CC)c1ccc(Nc2ccc(C(=O)N3CCN(C=O)CC3)nn2)cc1. The van der Waals surface area contributed by atoms with Gasteiger partial charge in [-0.1, -0.05) is 0 Å². The normalized spacial score (nSPS) is 13.9. The van der Waals surface area contributed by atoms with E-state index in [9.17, 15) is 9.59 Å². The molecule has 0 saturated carbocycles. The van der Waals surface area contributed by atoms with Crippen LogP contribution in [0.4, 0.5) is 17.2 Å². The molecule has 1 saturated heterocycles. The molecule has 28 heavy (non-hydrogen) atoms. The number of aromatic nitrogens is 2. The number of anilines is 3. The maximum absolute atomic E-state index is 12.5. The highest BCUT2D eigenvalue weighted by Crippen LogP contribution is 2.20. The van der Waals surface area contributed by atoms with Crippen molar-refractivity contribution in [3.05, 3.63) is 42.1 Å². The molecule has 0 radical (unpaired) electrons. The summed E-state index contributed by atoms with van der Waals surface area (Å²) in [5, 5.41) is 11.4. The monoisotopic (exact) mass is 382 g/mol. The largest absolute Gasteiger partial charge is 0.372 e.